The Balaban J connectivity index is 1.92. The first-order valence-corrected chi connectivity index (χ1v) is 7.96. The predicted molar refractivity (Wildman–Crippen MR) is 85.3 cm³/mol. The summed E-state index contributed by atoms with van der Waals surface area (Å²) in [5, 5.41) is 12.6. The molecule has 0 heterocycles. The lowest BCUT2D eigenvalue weighted by molar-refractivity contribution is 0.282. The molecule has 1 aromatic rings. The highest BCUT2D eigenvalue weighted by atomic mass is 16.5. The van der Waals surface area contributed by atoms with E-state index in [0.29, 0.717) is 12.6 Å². The van der Waals surface area contributed by atoms with Crippen LogP contribution in [0.3, 0.4) is 0 Å². The first-order valence-electron chi connectivity index (χ1n) is 7.96. The van der Waals surface area contributed by atoms with Gasteiger partial charge in [-0.2, -0.15) is 5.26 Å². The van der Waals surface area contributed by atoms with E-state index in [1.165, 1.54) is 11.1 Å². The predicted octanol–water partition coefficient (Wildman–Crippen LogP) is 3.99. The van der Waals surface area contributed by atoms with E-state index >= 15 is 0 Å². The van der Waals surface area contributed by atoms with Gasteiger partial charge in [-0.05, 0) is 63.3 Å². The number of hydrogen-bond donors (Lipinski definition) is 1. The Morgan fingerprint density at radius 3 is 2.95 bits per heavy atom. The molecule has 1 N–H and O–H groups in total. The molecule has 0 amide bonds. The van der Waals surface area contributed by atoms with E-state index < -0.39 is 0 Å². The fourth-order valence-electron chi connectivity index (χ4n) is 2.97. The third-order valence-electron chi connectivity index (χ3n) is 4.18. The summed E-state index contributed by atoms with van der Waals surface area (Å²) in [7, 11) is 0. The van der Waals surface area contributed by atoms with Crippen LogP contribution in [0.25, 0.3) is 0 Å². The summed E-state index contributed by atoms with van der Waals surface area (Å²) in [5.41, 5.74) is 2.51. The van der Waals surface area contributed by atoms with Gasteiger partial charge < -0.3 is 10.1 Å². The molecule has 1 aliphatic rings. The average molecular weight is 286 g/mol. The summed E-state index contributed by atoms with van der Waals surface area (Å²) in [4.78, 5) is 0. The van der Waals surface area contributed by atoms with Crippen LogP contribution >= 0.6 is 0 Å². The highest BCUT2D eigenvalue weighted by Crippen LogP contribution is 2.37. The van der Waals surface area contributed by atoms with Crippen molar-refractivity contribution in [1.82, 2.24) is 5.32 Å². The van der Waals surface area contributed by atoms with Crippen molar-refractivity contribution in [2.24, 2.45) is 5.41 Å². The fourth-order valence-corrected chi connectivity index (χ4v) is 2.97. The van der Waals surface area contributed by atoms with Gasteiger partial charge in [0, 0.05) is 6.04 Å². The summed E-state index contributed by atoms with van der Waals surface area (Å²) >= 11 is 0. The summed E-state index contributed by atoms with van der Waals surface area (Å²) in [6.07, 6.45) is 4.04. The smallest absolute Gasteiger partial charge is 0.122 e. The molecule has 0 saturated heterocycles. The van der Waals surface area contributed by atoms with E-state index in [2.05, 4.69) is 36.5 Å². The van der Waals surface area contributed by atoms with E-state index in [1.807, 2.05) is 13.8 Å². The lowest BCUT2D eigenvalue weighted by Crippen LogP contribution is -2.18. The highest BCUT2D eigenvalue weighted by Gasteiger charge is 2.24. The van der Waals surface area contributed by atoms with Crippen molar-refractivity contribution >= 4 is 0 Å². The van der Waals surface area contributed by atoms with Crippen LogP contribution in [0.5, 0.6) is 5.75 Å². The van der Waals surface area contributed by atoms with Crippen molar-refractivity contribution in [2.45, 2.75) is 52.5 Å². The van der Waals surface area contributed by atoms with Crippen molar-refractivity contribution in [3.63, 3.8) is 0 Å². The molecule has 21 heavy (non-hydrogen) atoms. The van der Waals surface area contributed by atoms with Crippen molar-refractivity contribution in [3.8, 4) is 11.8 Å². The van der Waals surface area contributed by atoms with Crippen LogP contribution in [-0.2, 0) is 6.42 Å². The largest absolute Gasteiger partial charge is 0.493 e. The Morgan fingerprint density at radius 2 is 2.24 bits per heavy atom. The van der Waals surface area contributed by atoms with Gasteiger partial charge in [0.1, 0.15) is 5.75 Å². The van der Waals surface area contributed by atoms with Gasteiger partial charge in [-0.3, -0.25) is 0 Å². The molecule has 3 nitrogen and oxygen atoms in total. The van der Waals surface area contributed by atoms with Crippen LogP contribution in [0.4, 0.5) is 0 Å². The SMILES string of the molecule is CCNC1CCc2c(OCCCC(C)(C)C#N)cccc21. The van der Waals surface area contributed by atoms with Gasteiger partial charge in [0.2, 0.25) is 0 Å². The van der Waals surface area contributed by atoms with E-state index in [1.54, 1.807) is 0 Å². The second kappa shape index (κ2) is 6.95. The molecule has 1 aromatic carbocycles. The summed E-state index contributed by atoms with van der Waals surface area (Å²) in [6, 6.07) is 9.18. The Kier molecular flexibility index (Phi) is 5.25. The number of nitrogens with one attached hydrogen (secondary N) is 1. The van der Waals surface area contributed by atoms with Crippen LogP contribution in [0.15, 0.2) is 18.2 Å². The minimum atomic E-state index is -0.252. The molecule has 0 fully saturated rings. The number of benzene rings is 1. The summed E-state index contributed by atoms with van der Waals surface area (Å²) in [5.74, 6) is 1.03. The first kappa shape index (κ1) is 15.9. The minimum absolute atomic E-state index is 0.252. The molecule has 114 valence electrons. The molecular formula is C18H26N2O. The molecule has 0 bridgehead atoms. The van der Waals surface area contributed by atoms with Gasteiger partial charge in [-0.15, -0.1) is 0 Å². The van der Waals surface area contributed by atoms with E-state index in [0.717, 1.165) is 38.0 Å². The number of rotatable bonds is 7. The number of hydrogen-bond acceptors (Lipinski definition) is 3. The topological polar surface area (TPSA) is 45.0 Å². The van der Waals surface area contributed by atoms with Crippen LogP contribution in [0.1, 0.15) is 57.2 Å². The lowest BCUT2D eigenvalue weighted by atomic mass is 9.90. The van der Waals surface area contributed by atoms with Crippen molar-refractivity contribution in [1.29, 1.82) is 5.26 Å². The first-order chi connectivity index (χ1) is 10.1. The zero-order chi connectivity index (χ0) is 15.3. The number of nitrogens with zero attached hydrogens (tertiary/aromatic N) is 1. The van der Waals surface area contributed by atoms with E-state index in [9.17, 15) is 0 Å². The zero-order valence-corrected chi connectivity index (χ0v) is 13.4. The fraction of sp³-hybridized carbons (Fsp3) is 0.611. The molecule has 1 atom stereocenters. The zero-order valence-electron chi connectivity index (χ0n) is 13.4. The maximum Gasteiger partial charge on any atom is 0.122 e. The Bertz CT molecular complexity index is 516. The third-order valence-corrected chi connectivity index (χ3v) is 4.18. The van der Waals surface area contributed by atoms with Crippen LogP contribution in [0.2, 0.25) is 0 Å². The molecule has 1 unspecified atom stereocenters. The lowest BCUT2D eigenvalue weighted by Gasteiger charge is -2.16. The standard InChI is InChI=1S/C18H26N2O/c1-4-20-16-10-9-15-14(16)7-5-8-17(15)21-12-6-11-18(2,3)13-19/h5,7-8,16,20H,4,6,9-12H2,1-3H3. The number of nitriles is 1. The second-order valence-corrected chi connectivity index (χ2v) is 6.42. The molecule has 0 saturated carbocycles. The monoisotopic (exact) mass is 286 g/mol. The summed E-state index contributed by atoms with van der Waals surface area (Å²) < 4.78 is 5.98. The maximum atomic E-state index is 9.02. The van der Waals surface area contributed by atoms with Crippen LogP contribution < -0.4 is 10.1 Å². The Hall–Kier alpha value is -1.53. The molecule has 0 aromatic heterocycles. The molecule has 2 rings (SSSR count). The molecule has 1 aliphatic carbocycles. The molecule has 0 aliphatic heterocycles. The number of ether oxygens (including phenoxy) is 1. The molecular weight excluding hydrogens is 260 g/mol. The van der Waals surface area contributed by atoms with Crippen molar-refractivity contribution in [2.75, 3.05) is 13.2 Å². The van der Waals surface area contributed by atoms with Crippen molar-refractivity contribution in [3.05, 3.63) is 29.3 Å². The van der Waals surface area contributed by atoms with E-state index in [4.69, 9.17) is 10.00 Å². The van der Waals surface area contributed by atoms with Gasteiger partial charge in [-0.1, -0.05) is 19.1 Å². The Morgan fingerprint density at radius 1 is 1.43 bits per heavy atom. The molecule has 0 spiro atoms. The maximum absolute atomic E-state index is 9.02. The van der Waals surface area contributed by atoms with Crippen LogP contribution in [0, 0.1) is 16.7 Å². The highest BCUT2D eigenvalue weighted by molar-refractivity contribution is 5.45. The quantitative estimate of drug-likeness (QED) is 0.771. The molecule has 3 heteroatoms. The van der Waals surface area contributed by atoms with Gasteiger partial charge in [0.15, 0.2) is 0 Å². The minimum Gasteiger partial charge on any atom is -0.493 e. The molecule has 0 radical (unpaired) electrons. The van der Waals surface area contributed by atoms with Gasteiger partial charge >= 0.3 is 0 Å². The normalized spacial score (nSPS) is 17.3. The van der Waals surface area contributed by atoms with Gasteiger partial charge in [-0.25, -0.2) is 0 Å². The third kappa shape index (κ3) is 3.98. The van der Waals surface area contributed by atoms with Crippen LogP contribution in [-0.4, -0.2) is 13.2 Å². The second-order valence-electron chi connectivity index (χ2n) is 6.42. The Labute approximate surface area is 128 Å². The van der Waals surface area contributed by atoms with Crippen molar-refractivity contribution < 1.29 is 4.74 Å². The van der Waals surface area contributed by atoms with Gasteiger partial charge in [0.25, 0.3) is 0 Å². The number of fused-ring (bicyclic) bond motifs is 1. The van der Waals surface area contributed by atoms with Gasteiger partial charge in [0.05, 0.1) is 18.1 Å². The average Bonchev–Trinajstić information content (AvgIpc) is 2.88. The van der Waals surface area contributed by atoms with E-state index in [-0.39, 0.29) is 5.41 Å². The summed E-state index contributed by atoms with van der Waals surface area (Å²) in [6.45, 7) is 7.80.